The van der Waals surface area contributed by atoms with Gasteiger partial charge in [-0.3, -0.25) is 14.3 Å². The Morgan fingerprint density at radius 2 is 1.94 bits per heavy atom. The molecule has 0 atom stereocenters. The van der Waals surface area contributed by atoms with Gasteiger partial charge in [-0.15, -0.1) is 0 Å². The Kier molecular flexibility index (Phi) is 4.15. The molecule has 1 aromatic heterocycles. The van der Waals surface area contributed by atoms with Gasteiger partial charge in [0.05, 0.1) is 18.8 Å². The van der Waals surface area contributed by atoms with Gasteiger partial charge in [-0.2, -0.15) is 0 Å². The summed E-state index contributed by atoms with van der Waals surface area (Å²) >= 11 is 0. The van der Waals surface area contributed by atoms with Crippen LogP contribution in [-0.4, -0.2) is 38.5 Å². The van der Waals surface area contributed by atoms with Gasteiger partial charge in [-0.1, -0.05) is 0 Å². The van der Waals surface area contributed by atoms with Crippen molar-refractivity contribution in [3.05, 3.63) is 20.8 Å². The molecule has 0 aliphatic carbocycles. The Bertz CT molecular complexity index is 530. The number of H-pyrrole nitrogens is 1. The third kappa shape index (κ3) is 2.54. The SMILES string of the molecule is CCn1c(N)c(NC(C)(CO)CO)c(=O)[nH]c1=O. The molecule has 18 heavy (non-hydrogen) atoms. The molecule has 0 aliphatic rings. The summed E-state index contributed by atoms with van der Waals surface area (Å²) in [5.74, 6) is -0.0284. The molecule has 0 bridgehead atoms. The maximum atomic E-state index is 11.7. The first-order chi connectivity index (χ1) is 8.38. The summed E-state index contributed by atoms with van der Waals surface area (Å²) < 4.78 is 1.18. The second-order valence-electron chi connectivity index (χ2n) is 4.27. The van der Waals surface area contributed by atoms with Gasteiger partial charge >= 0.3 is 5.69 Å². The Hall–Kier alpha value is -1.80. The molecule has 1 rings (SSSR count). The van der Waals surface area contributed by atoms with Crippen molar-refractivity contribution < 1.29 is 10.2 Å². The third-order valence-electron chi connectivity index (χ3n) is 2.68. The summed E-state index contributed by atoms with van der Waals surface area (Å²) in [6, 6.07) is 0. The summed E-state index contributed by atoms with van der Waals surface area (Å²) in [7, 11) is 0. The molecule has 0 amide bonds. The molecule has 0 unspecified atom stereocenters. The molecule has 0 aromatic carbocycles. The Morgan fingerprint density at radius 1 is 1.39 bits per heavy atom. The van der Waals surface area contributed by atoms with Crippen molar-refractivity contribution in [1.29, 1.82) is 0 Å². The van der Waals surface area contributed by atoms with Crippen molar-refractivity contribution in [2.24, 2.45) is 0 Å². The van der Waals surface area contributed by atoms with Gasteiger partial charge in [0.2, 0.25) is 0 Å². The van der Waals surface area contributed by atoms with E-state index in [0.29, 0.717) is 6.54 Å². The number of aromatic amines is 1. The van der Waals surface area contributed by atoms with Crippen molar-refractivity contribution in [2.75, 3.05) is 24.3 Å². The number of hydrogen-bond acceptors (Lipinski definition) is 6. The quantitative estimate of drug-likeness (QED) is 0.427. The molecule has 0 aliphatic heterocycles. The van der Waals surface area contributed by atoms with Crippen LogP contribution in [0.1, 0.15) is 13.8 Å². The number of rotatable bonds is 5. The largest absolute Gasteiger partial charge is 0.394 e. The van der Waals surface area contributed by atoms with Crippen LogP contribution in [0.15, 0.2) is 9.59 Å². The van der Waals surface area contributed by atoms with E-state index in [9.17, 15) is 9.59 Å². The molecule has 6 N–H and O–H groups in total. The smallest absolute Gasteiger partial charge is 0.330 e. The van der Waals surface area contributed by atoms with Gasteiger partial charge in [0.1, 0.15) is 11.5 Å². The number of nitrogen functional groups attached to an aromatic ring is 1. The van der Waals surface area contributed by atoms with E-state index in [-0.39, 0.29) is 11.5 Å². The van der Waals surface area contributed by atoms with Gasteiger partial charge in [0, 0.05) is 6.54 Å². The molecule has 8 heteroatoms. The van der Waals surface area contributed by atoms with Gasteiger partial charge < -0.3 is 21.3 Å². The van der Waals surface area contributed by atoms with Crippen molar-refractivity contribution in [2.45, 2.75) is 25.9 Å². The van der Waals surface area contributed by atoms with E-state index in [1.165, 1.54) is 11.5 Å². The molecule has 0 saturated carbocycles. The molecular formula is C10H18N4O4. The highest BCUT2D eigenvalue weighted by molar-refractivity contribution is 5.61. The van der Waals surface area contributed by atoms with E-state index in [0.717, 1.165) is 0 Å². The van der Waals surface area contributed by atoms with E-state index in [2.05, 4.69) is 10.3 Å². The number of anilines is 2. The zero-order chi connectivity index (χ0) is 13.9. The Balaban J connectivity index is 3.34. The normalized spacial score (nSPS) is 11.6. The van der Waals surface area contributed by atoms with Gasteiger partial charge in [0.25, 0.3) is 5.56 Å². The molecule has 0 fully saturated rings. The first-order valence-electron chi connectivity index (χ1n) is 5.51. The Labute approximate surface area is 103 Å². The number of aliphatic hydroxyl groups excluding tert-OH is 2. The lowest BCUT2D eigenvalue weighted by Crippen LogP contribution is -2.45. The van der Waals surface area contributed by atoms with Crippen LogP contribution in [0, 0.1) is 0 Å². The van der Waals surface area contributed by atoms with Crippen molar-refractivity contribution in [3.63, 3.8) is 0 Å². The van der Waals surface area contributed by atoms with Crippen LogP contribution in [-0.2, 0) is 6.54 Å². The summed E-state index contributed by atoms with van der Waals surface area (Å²) in [5, 5.41) is 21.0. The van der Waals surface area contributed by atoms with Crippen molar-refractivity contribution in [1.82, 2.24) is 9.55 Å². The molecule has 0 saturated heterocycles. The minimum absolute atomic E-state index is 0.0284. The molecular weight excluding hydrogens is 240 g/mol. The predicted octanol–water partition coefficient (Wildman–Crippen LogP) is -1.71. The lowest BCUT2D eigenvalue weighted by Gasteiger charge is -2.27. The summed E-state index contributed by atoms with van der Waals surface area (Å²) in [5.41, 5.74) is 3.31. The topological polar surface area (TPSA) is 133 Å². The zero-order valence-corrected chi connectivity index (χ0v) is 10.4. The number of nitrogens with two attached hydrogens (primary N) is 1. The fraction of sp³-hybridized carbons (Fsp3) is 0.600. The molecule has 1 aromatic rings. The first kappa shape index (κ1) is 14.3. The van der Waals surface area contributed by atoms with E-state index < -0.39 is 30.0 Å². The van der Waals surface area contributed by atoms with Crippen LogP contribution in [0.2, 0.25) is 0 Å². The number of nitrogens with zero attached hydrogens (tertiary/aromatic N) is 1. The Morgan fingerprint density at radius 3 is 2.39 bits per heavy atom. The van der Waals surface area contributed by atoms with Crippen molar-refractivity contribution in [3.8, 4) is 0 Å². The predicted molar refractivity (Wildman–Crippen MR) is 67.6 cm³/mol. The van der Waals surface area contributed by atoms with Crippen molar-refractivity contribution >= 4 is 11.5 Å². The van der Waals surface area contributed by atoms with E-state index in [1.807, 2.05) is 0 Å². The zero-order valence-electron chi connectivity index (χ0n) is 10.4. The molecule has 0 radical (unpaired) electrons. The maximum absolute atomic E-state index is 11.7. The molecule has 0 spiro atoms. The number of nitrogens with one attached hydrogen (secondary N) is 2. The maximum Gasteiger partial charge on any atom is 0.330 e. The minimum Gasteiger partial charge on any atom is -0.394 e. The average molecular weight is 258 g/mol. The standard InChI is InChI=1S/C10H18N4O4/c1-3-14-7(11)6(8(17)12-9(14)18)13-10(2,4-15)5-16/h13,15-16H,3-5,11H2,1-2H3,(H,12,17,18). The number of aliphatic hydroxyl groups is 2. The highest BCUT2D eigenvalue weighted by atomic mass is 16.3. The molecule has 102 valence electrons. The van der Waals surface area contributed by atoms with Crippen LogP contribution >= 0.6 is 0 Å². The lowest BCUT2D eigenvalue weighted by molar-refractivity contribution is 0.147. The van der Waals surface area contributed by atoms with Crippen LogP contribution < -0.4 is 22.3 Å². The fourth-order valence-corrected chi connectivity index (χ4v) is 1.45. The van der Waals surface area contributed by atoms with Crippen LogP contribution in [0.3, 0.4) is 0 Å². The second kappa shape index (κ2) is 5.23. The average Bonchev–Trinajstić information content (AvgIpc) is 2.34. The number of aromatic nitrogens is 2. The van der Waals surface area contributed by atoms with E-state index in [1.54, 1.807) is 6.92 Å². The van der Waals surface area contributed by atoms with Gasteiger partial charge in [-0.05, 0) is 13.8 Å². The second-order valence-corrected chi connectivity index (χ2v) is 4.27. The fourth-order valence-electron chi connectivity index (χ4n) is 1.45. The lowest BCUT2D eigenvalue weighted by atomic mass is 10.1. The number of hydrogen-bond donors (Lipinski definition) is 5. The highest BCUT2D eigenvalue weighted by Crippen LogP contribution is 2.16. The molecule has 1 heterocycles. The molecule has 8 nitrogen and oxygen atoms in total. The van der Waals surface area contributed by atoms with Gasteiger partial charge in [-0.25, -0.2) is 4.79 Å². The van der Waals surface area contributed by atoms with Crippen LogP contribution in [0.5, 0.6) is 0 Å². The third-order valence-corrected chi connectivity index (χ3v) is 2.68. The summed E-state index contributed by atoms with van der Waals surface area (Å²) in [6.07, 6.45) is 0. The van der Waals surface area contributed by atoms with Crippen LogP contribution in [0.25, 0.3) is 0 Å². The highest BCUT2D eigenvalue weighted by Gasteiger charge is 2.25. The van der Waals surface area contributed by atoms with E-state index >= 15 is 0 Å². The summed E-state index contributed by atoms with van der Waals surface area (Å²) in [4.78, 5) is 25.2. The monoisotopic (exact) mass is 258 g/mol. The first-order valence-corrected chi connectivity index (χ1v) is 5.51. The van der Waals surface area contributed by atoms with Gasteiger partial charge in [0.15, 0.2) is 0 Å². The van der Waals surface area contributed by atoms with Crippen LogP contribution in [0.4, 0.5) is 11.5 Å². The van der Waals surface area contributed by atoms with E-state index in [4.69, 9.17) is 15.9 Å². The summed E-state index contributed by atoms with van der Waals surface area (Å²) in [6.45, 7) is 2.73. The minimum atomic E-state index is -1.10.